The molecule has 0 aliphatic carbocycles. The molecular formula is C8H11ClO4. The number of hydrogen-bond acceptors (Lipinski definition) is 4. The number of carbonyl (C=O) groups is 2. The lowest BCUT2D eigenvalue weighted by molar-refractivity contribution is -0.150. The lowest BCUT2D eigenvalue weighted by atomic mass is 10.3. The first-order chi connectivity index (χ1) is 6.18. The summed E-state index contributed by atoms with van der Waals surface area (Å²) in [7, 11) is 0. The molecule has 0 unspecified atom stereocenters. The largest absolute Gasteiger partial charge is 0.502 e. The molecule has 74 valence electrons. The van der Waals surface area contributed by atoms with Crippen LogP contribution in [0.25, 0.3) is 0 Å². The van der Waals surface area contributed by atoms with Crippen LogP contribution in [-0.4, -0.2) is 24.4 Å². The van der Waals surface area contributed by atoms with Crippen LogP contribution in [0.5, 0.6) is 0 Å². The van der Waals surface area contributed by atoms with E-state index in [1.807, 2.05) is 0 Å². The van der Waals surface area contributed by atoms with E-state index in [2.05, 4.69) is 11.3 Å². The van der Waals surface area contributed by atoms with E-state index >= 15 is 0 Å². The summed E-state index contributed by atoms with van der Waals surface area (Å²) in [6.45, 7) is 4.06. The highest BCUT2D eigenvalue weighted by molar-refractivity contribution is 6.80. The summed E-state index contributed by atoms with van der Waals surface area (Å²) in [6.07, 6.45) is 2.70. The number of unbranched alkanes of at least 4 members (excludes halogenated alkanes) is 1. The normalized spacial score (nSPS) is 9.00. The second-order valence-corrected chi connectivity index (χ2v) is 2.50. The predicted octanol–water partition coefficient (Wildman–Crippen LogP) is 1.24. The van der Waals surface area contributed by atoms with Crippen molar-refractivity contribution >= 4 is 22.8 Å². The minimum absolute atomic E-state index is 0.178. The third kappa shape index (κ3) is 7.33. The van der Waals surface area contributed by atoms with Gasteiger partial charge < -0.3 is 9.47 Å². The Morgan fingerprint density at radius 2 is 1.92 bits per heavy atom. The van der Waals surface area contributed by atoms with Crippen LogP contribution in [0.2, 0.25) is 0 Å². The first kappa shape index (κ1) is 12.0. The SMILES string of the molecule is C=COCCCCOC(=O)C(=O)Cl. The molecule has 0 aromatic carbocycles. The average Bonchev–Trinajstić information content (AvgIpc) is 2.10. The van der Waals surface area contributed by atoms with Gasteiger partial charge in [0.05, 0.1) is 19.5 Å². The second kappa shape index (κ2) is 7.61. The monoisotopic (exact) mass is 206 g/mol. The molecular weight excluding hydrogens is 196 g/mol. The summed E-state index contributed by atoms with van der Waals surface area (Å²) in [6, 6.07) is 0. The van der Waals surface area contributed by atoms with Gasteiger partial charge in [0, 0.05) is 0 Å². The summed E-state index contributed by atoms with van der Waals surface area (Å²) < 4.78 is 9.30. The quantitative estimate of drug-likeness (QED) is 0.207. The van der Waals surface area contributed by atoms with E-state index in [1.165, 1.54) is 6.26 Å². The Morgan fingerprint density at radius 1 is 1.31 bits per heavy atom. The van der Waals surface area contributed by atoms with Crippen LogP contribution in [0.1, 0.15) is 12.8 Å². The van der Waals surface area contributed by atoms with Crippen molar-refractivity contribution in [2.75, 3.05) is 13.2 Å². The van der Waals surface area contributed by atoms with Crippen LogP contribution in [0.4, 0.5) is 0 Å². The molecule has 0 spiro atoms. The van der Waals surface area contributed by atoms with Gasteiger partial charge in [-0.05, 0) is 24.4 Å². The van der Waals surface area contributed by atoms with Gasteiger partial charge in [-0.1, -0.05) is 6.58 Å². The Kier molecular flexibility index (Phi) is 7.01. The number of ether oxygens (including phenoxy) is 2. The molecule has 4 nitrogen and oxygen atoms in total. The number of halogens is 1. The number of rotatable bonds is 7. The van der Waals surface area contributed by atoms with E-state index in [0.717, 1.165) is 6.42 Å². The van der Waals surface area contributed by atoms with Crippen molar-refractivity contribution in [3.63, 3.8) is 0 Å². The van der Waals surface area contributed by atoms with Crippen LogP contribution in [0.3, 0.4) is 0 Å². The van der Waals surface area contributed by atoms with Gasteiger partial charge in [0.2, 0.25) is 0 Å². The Bertz CT molecular complexity index is 191. The standard InChI is InChI=1S/C8H11ClO4/c1-2-12-5-3-4-6-13-8(11)7(9)10/h2H,1,3-6H2. The fourth-order valence-corrected chi connectivity index (χ4v) is 0.647. The maximum Gasteiger partial charge on any atom is 0.391 e. The van der Waals surface area contributed by atoms with Gasteiger partial charge in [-0.15, -0.1) is 0 Å². The molecule has 0 fully saturated rings. The first-order valence-corrected chi connectivity index (χ1v) is 4.15. The molecule has 0 aromatic rings. The molecule has 0 saturated carbocycles. The van der Waals surface area contributed by atoms with E-state index in [0.29, 0.717) is 13.0 Å². The molecule has 0 atom stereocenters. The fraction of sp³-hybridized carbons (Fsp3) is 0.500. The van der Waals surface area contributed by atoms with Gasteiger partial charge in [0.15, 0.2) is 0 Å². The Hall–Kier alpha value is -1.03. The fourth-order valence-electron chi connectivity index (χ4n) is 0.592. The summed E-state index contributed by atoms with van der Waals surface area (Å²) in [5.74, 6) is -1.01. The zero-order valence-corrected chi connectivity index (χ0v) is 7.88. The van der Waals surface area contributed by atoms with Crippen LogP contribution in [-0.2, 0) is 19.1 Å². The molecule has 0 N–H and O–H groups in total. The van der Waals surface area contributed by atoms with Crippen molar-refractivity contribution in [3.8, 4) is 0 Å². The van der Waals surface area contributed by atoms with Crippen molar-refractivity contribution in [2.45, 2.75) is 12.8 Å². The van der Waals surface area contributed by atoms with Gasteiger partial charge in [0.25, 0.3) is 0 Å². The highest BCUT2D eigenvalue weighted by Crippen LogP contribution is 1.93. The molecule has 0 aromatic heterocycles. The Morgan fingerprint density at radius 3 is 2.46 bits per heavy atom. The second-order valence-electron chi connectivity index (χ2n) is 2.15. The third-order valence-electron chi connectivity index (χ3n) is 1.17. The lowest BCUT2D eigenvalue weighted by Gasteiger charge is -2.01. The zero-order valence-electron chi connectivity index (χ0n) is 7.12. The smallest absolute Gasteiger partial charge is 0.391 e. The molecule has 0 radical (unpaired) electrons. The van der Waals surface area contributed by atoms with Crippen LogP contribution in [0.15, 0.2) is 12.8 Å². The molecule has 0 aliphatic heterocycles. The van der Waals surface area contributed by atoms with Gasteiger partial charge in [0.1, 0.15) is 0 Å². The van der Waals surface area contributed by atoms with Gasteiger partial charge >= 0.3 is 11.2 Å². The van der Waals surface area contributed by atoms with Gasteiger partial charge in [-0.3, -0.25) is 4.79 Å². The maximum atomic E-state index is 10.5. The summed E-state index contributed by atoms with van der Waals surface area (Å²) in [4.78, 5) is 20.6. The lowest BCUT2D eigenvalue weighted by Crippen LogP contribution is -2.12. The molecule has 13 heavy (non-hydrogen) atoms. The van der Waals surface area contributed by atoms with Gasteiger partial charge in [-0.25, -0.2) is 4.79 Å². The molecule has 0 saturated heterocycles. The summed E-state index contributed by atoms with van der Waals surface area (Å²) in [5.41, 5.74) is 0. The Balaban J connectivity index is 3.21. The molecule has 0 aliphatic rings. The highest BCUT2D eigenvalue weighted by atomic mass is 35.5. The van der Waals surface area contributed by atoms with Crippen molar-refractivity contribution in [3.05, 3.63) is 12.8 Å². The minimum Gasteiger partial charge on any atom is -0.502 e. The van der Waals surface area contributed by atoms with Crippen molar-refractivity contribution in [1.29, 1.82) is 0 Å². The molecule has 0 bridgehead atoms. The van der Waals surface area contributed by atoms with Crippen molar-refractivity contribution < 1.29 is 19.1 Å². The minimum atomic E-state index is -1.10. The average molecular weight is 207 g/mol. The number of esters is 1. The molecule has 0 rings (SSSR count). The van der Waals surface area contributed by atoms with E-state index < -0.39 is 11.2 Å². The first-order valence-electron chi connectivity index (χ1n) is 3.77. The molecule has 0 amide bonds. The number of carbonyl (C=O) groups excluding carboxylic acids is 2. The summed E-state index contributed by atoms with van der Waals surface area (Å²) >= 11 is 4.84. The van der Waals surface area contributed by atoms with Crippen LogP contribution >= 0.6 is 11.6 Å². The maximum absolute atomic E-state index is 10.5. The Labute approximate surface area is 81.5 Å². The predicted molar refractivity (Wildman–Crippen MR) is 47.2 cm³/mol. The van der Waals surface area contributed by atoms with E-state index in [9.17, 15) is 9.59 Å². The molecule has 0 heterocycles. The van der Waals surface area contributed by atoms with E-state index in [-0.39, 0.29) is 6.61 Å². The highest BCUT2D eigenvalue weighted by Gasteiger charge is 2.10. The van der Waals surface area contributed by atoms with Gasteiger partial charge in [-0.2, -0.15) is 0 Å². The zero-order chi connectivity index (χ0) is 10.1. The van der Waals surface area contributed by atoms with Crippen molar-refractivity contribution in [2.24, 2.45) is 0 Å². The topological polar surface area (TPSA) is 52.6 Å². The molecule has 5 heteroatoms. The van der Waals surface area contributed by atoms with Crippen LogP contribution in [0, 0.1) is 0 Å². The number of hydrogen-bond donors (Lipinski definition) is 0. The van der Waals surface area contributed by atoms with E-state index in [1.54, 1.807) is 0 Å². The van der Waals surface area contributed by atoms with E-state index in [4.69, 9.17) is 16.3 Å². The summed E-state index contributed by atoms with van der Waals surface area (Å²) in [5, 5.41) is -1.10. The third-order valence-corrected chi connectivity index (χ3v) is 1.32. The van der Waals surface area contributed by atoms with Crippen molar-refractivity contribution in [1.82, 2.24) is 0 Å². The van der Waals surface area contributed by atoms with Crippen LogP contribution < -0.4 is 0 Å².